The normalized spacial score (nSPS) is 20.8. The number of benzene rings is 1. The van der Waals surface area contributed by atoms with Crippen molar-refractivity contribution in [2.75, 3.05) is 23.3 Å². The van der Waals surface area contributed by atoms with Gasteiger partial charge in [-0.05, 0) is 31.5 Å². The average molecular weight is 269 g/mol. The molecule has 18 heavy (non-hydrogen) atoms. The minimum atomic E-state index is -0.301. The van der Waals surface area contributed by atoms with E-state index in [1.54, 1.807) is 6.07 Å². The predicted molar refractivity (Wildman–Crippen MR) is 73.1 cm³/mol. The van der Waals surface area contributed by atoms with Gasteiger partial charge < -0.3 is 15.3 Å². The average Bonchev–Trinajstić information content (AvgIpc) is 2.79. The quantitative estimate of drug-likeness (QED) is 0.823. The number of rotatable bonds is 4. The molecule has 2 rings (SSSR count). The molecule has 1 saturated heterocycles. The van der Waals surface area contributed by atoms with Crippen LogP contribution in [0.2, 0.25) is 5.02 Å². The molecule has 1 aromatic carbocycles. The van der Waals surface area contributed by atoms with Crippen LogP contribution in [0.15, 0.2) is 18.2 Å². The van der Waals surface area contributed by atoms with E-state index in [2.05, 4.69) is 10.2 Å². The lowest BCUT2D eigenvalue weighted by Gasteiger charge is -2.22. The molecule has 0 spiro atoms. The molecule has 0 radical (unpaired) electrons. The summed E-state index contributed by atoms with van der Waals surface area (Å²) in [5.74, 6) is 0.282. The highest BCUT2D eigenvalue weighted by Gasteiger charge is 2.27. The summed E-state index contributed by atoms with van der Waals surface area (Å²) in [7, 11) is 0. The second-order valence-electron chi connectivity index (χ2n) is 4.66. The Morgan fingerprint density at radius 3 is 3.00 bits per heavy atom. The maximum atomic E-state index is 10.6. The number of amides is 1. The zero-order chi connectivity index (χ0) is 13.1. The first-order valence-electron chi connectivity index (χ1n) is 6.04. The van der Waals surface area contributed by atoms with Crippen molar-refractivity contribution in [1.82, 2.24) is 0 Å². The summed E-state index contributed by atoms with van der Waals surface area (Å²) in [5, 5.41) is 12.9. The van der Waals surface area contributed by atoms with E-state index in [4.69, 9.17) is 11.6 Å². The molecule has 98 valence electrons. The van der Waals surface area contributed by atoms with Crippen molar-refractivity contribution >= 4 is 29.4 Å². The molecule has 1 aliphatic rings. The van der Waals surface area contributed by atoms with Crippen LogP contribution in [0.4, 0.5) is 11.4 Å². The van der Waals surface area contributed by atoms with E-state index in [1.807, 2.05) is 19.1 Å². The van der Waals surface area contributed by atoms with Gasteiger partial charge in [0.15, 0.2) is 0 Å². The van der Waals surface area contributed by atoms with Crippen molar-refractivity contribution in [1.29, 1.82) is 0 Å². The summed E-state index contributed by atoms with van der Waals surface area (Å²) in [5.41, 5.74) is 1.67. The van der Waals surface area contributed by atoms with Gasteiger partial charge in [-0.25, -0.2) is 0 Å². The van der Waals surface area contributed by atoms with E-state index in [9.17, 15) is 9.90 Å². The van der Waals surface area contributed by atoms with Gasteiger partial charge in [-0.3, -0.25) is 4.79 Å². The van der Waals surface area contributed by atoms with Crippen LogP contribution >= 0.6 is 11.6 Å². The third-order valence-corrected chi connectivity index (χ3v) is 3.66. The second-order valence-corrected chi connectivity index (χ2v) is 5.10. The Bertz CT molecular complexity index is 437. The van der Waals surface area contributed by atoms with Crippen molar-refractivity contribution < 1.29 is 9.90 Å². The lowest BCUT2D eigenvalue weighted by atomic mass is 10.0. The molecule has 1 fully saturated rings. The summed E-state index contributed by atoms with van der Waals surface area (Å²) in [4.78, 5) is 12.8. The first kappa shape index (κ1) is 13.2. The first-order chi connectivity index (χ1) is 8.61. The minimum Gasteiger partial charge on any atom is -0.393 e. The molecular weight excluding hydrogens is 252 g/mol. The van der Waals surface area contributed by atoms with Gasteiger partial charge in [0, 0.05) is 24.0 Å². The SMILES string of the molecule is CC(O)C1CCN(c2ccc(Cl)cc2NC=O)C1. The van der Waals surface area contributed by atoms with E-state index < -0.39 is 0 Å². The Labute approximate surface area is 112 Å². The molecule has 2 N–H and O–H groups in total. The second kappa shape index (κ2) is 5.59. The van der Waals surface area contributed by atoms with Crippen molar-refractivity contribution in [2.45, 2.75) is 19.4 Å². The first-order valence-corrected chi connectivity index (χ1v) is 6.42. The van der Waals surface area contributed by atoms with Gasteiger partial charge in [0.05, 0.1) is 17.5 Å². The Kier molecular flexibility index (Phi) is 4.09. The molecule has 4 nitrogen and oxygen atoms in total. The minimum absolute atomic E-state index is 0.282. The van der Waals surface area contributed by atoms with Gasteiger partial charge in [0.1, 0.15) is 0 Å². The molecule has 0 saturated carbocycles. The molecule has 0 aliphatic carbocycles. The topological polar surface area (TPSA) is 52.6 Å². The highest BCUT2D eigenvalue weighted by atomic mass is 35.5. The predicted octanol–water partition coefficient (Wildman–Crippen LogP) is 2.12. The van der Waals surface area contributed by atoms with Crippen LogP contribution in [0.3, 0.4) is 0 Å². The Hall–Kier alpha value is -1.26. The lowest BCUT2D eigenvalue weighted by molar-refractivity contribution is -0.105. The van der Waals surface area contributed by atoms with E-state index >= 15 is 0 Å². The molecule has 0 aromatic heterocycles. The number of anilines is 2. The van der Waals surface area contributed by atoms with Crippen LogP contribution in [0, 0.1) is 5.92 Å². The fourth-order valence-corrected chi connectivity index (χ4v) is 2.54. The Balaban J connectivity index is 2.20. The zero-order valence-corrected chi connectivity index (χ0v) is 11.0. The Morgan fingerprint density at radius 1 is 1.61 bits per heavy atom. The number of halogens is 1. The smallest absolute Gasteiger partial charge is 0.211 e. The highest BCUT2D eigenvalue weighted by Crippen LogP contribution is 2.33. The summed E-state index contributed by atoms with van der Waals surface area (Å²) in [6.07, 6.45) is 1.31. The number of hydrogen-bond donors (Lipinski definition) is 2. The summed E-state index contributed by atoms with van der Waals surface area (Å²) in [6.45, 7) is 3.50. The van der Waals surface area contributed by atoms with Crippen LogP contribution in [-0.2, 0) is 4.79 Å². The largest absolute Gasteiger partial charge is 0.393 e. The number of carbonyl (C=O) groups is 1. The molecule has 1 aliphatic heterocycles. The number of hydrogen-bond acceptors (Lipinski definition) is 3. The third-order valence-electron chi connectivity index (χ3n) is 3.42. The standard InChI is InChI=1S/C13H17ClN2O2/c1-9(18)10-4-5-16(7-10)13-3-2-11(14)6-12(13)15-8-17/h2-3,6,8-10,18H,4-5,7H2,1H3,(H,15,17). The molecular formula is C13H17ClN2O2. The Morgan fingerprint density at radius 2 is 2.39 bits per heavy atom. The molecule has 2 atom stereocenters. The number of carbonyl (C=O) groups excluding carboxylic acids is 1. The third kappa shape index (κ3) is 2.76. The van der Waals surface area contributed by atoms with Crippen LogP contribution in [0.25, 0.3) is 0 Å². The zero-order valence-electron chi connectivity index (χ0n) is 10.3. The van der Waals surface area contributed by atoms with E-state index in [1.165, 1.54) is 0 Å². The summed E-state index contributed by atoms with van der Waals surface area (Å²) < 4.78 is 0. The molecule has 0 bridgehead atoms. The number of aliphatic hydroxyl groups excluding tert-OH is 1. The lowest BCUT2D eigenvalue weighted by Crippen LogP contribution is -2.24. The number of aliphatic hydroxyl groups is 1. The van der Waals surface area contributed by atoms with E-state index in [-0.39, 0.29) is 12.0 Å². The van der Waals surface area contributed by atoms with Gasteiger partial charge in [-0.2, -0.15) is 0 Å². The van der Waals surface area contributed by atoms with E-state index in [0.29, 0.717) is 17.1 Å². The van der Waals surface area contributed by atoms with Crippen LogP contribution in [0.5, 0.6) is 0 Å². The van der Waals surface area contributed by atoms with Gasteiger partial charge in [0.25, 0.3) is 0 Å². The maximum Gasteiger partial charge on any atom is 0.211 e. The monoisotopic (exact) mass is 268 g/mol. The molecule has 5 heteroatoms. The number of nitrogens with zero attached hydrogens (tertiary/aromatic N) is 1. The summed E-state index contributed by atoms with van der Waals surface area (Å²) >= 11 is 5.92. The van der Waals surface area contributed by atoms with E-state index in [0.717, 1.165) is 25.2 Å². The number of nitrogens with one attached hydrogen (secondary N) is 1. The van der Waals surface area contributed by atoms with Crippen LogP contribution in [-0.4, -0.2) is 30.7 Å². The van der Waals surface area contributed by atoms with Gasteiger partial charge >= 0.3 is 0 Å². The van der Waals surface area contributed by atoms with Crippen LogP contribution in [0.1, 0.15) is 13.3 Å². The molecule has 1 aromatic rings. The van der Waals surface area contributed by atoms with Gasteiger partial charge in [-0.1, -0.05) is 11.6 Å². The highest BCUT2D eigenvalue weighted by molar-refractivity contribution is 6.31. The summed E-state index contributed by atoms with van der Waals surface area (Å²) in [6, 6.07) is 5.45. The molecule has 2 unspecified atom stereocenters. The molecule has 1 amide bonds. The van der Waals surface area contributed by atoms with Gasteiger partial charge in [0.2, 0.25) is 6.41 Å². The fraction of sp³-hybridized carbons (Fsp3) is 0.462. The molecule has 1 heterocycles. The van der Waals surface area contributed by atoms with Crippen molar-refractivity contribution in [2.24, 2.45) is 5.92 Å². The van der Waals surface area contributed by atoms with Crippen molar-refractivity contribution in [3.8, 4) is 0 Å². The maximum absolute atomic E-state index is 10.6. The van der Waals surface area contributed by atoms with Crippen molar-refractivity contribution in [3.63, 3.8) is 0 Å². The fourth-order valence-electron chi connectivity index (χ4n) is 2.36. The van der Waals surface area contributed by atoms with Crippen molar-refractivity contribution in [3.05, 3.63) is 23.2 Å². The van der Waals surface area contributed by atoms with Gasteiger partial charge in [-0.15, -0.1) is 0 Å². The van der Waals surface area contributed by atoms with Crippen LogP contribution < -0.4 is 10.2 Å².